The van der Waals surface area contributed by atoms with Crippen LogP contribution in [0.5, 0.6) is 0 Å². The van der Waals surface area contributed by atoms with Gasteiger partial charge in [-0.15, -0.1) is 22.0 Å². The van der Waals surface area contributed by atoms with Crippen molar-refractivity contribution in [2.75, 3.05) is 6.54 Å². The van der Waals surface area contributed by atoms with Crippen molar-refractivity contribution >= 4 is 11.8 Å². The van der Waals surface area contributed by atoms with Gasteiger partial charge in [0.2, 0.25) is 5.89 Å². The fourth-order valence-electron chi connectivity index (χ4n) is 1.34. The standard InChI is InChI=1S/C11H15N3O2S/c1-8(4-5-12)17-7-10-13-14-11(16-10)9-3-2-6-15-9/h2-3,6,8H,4-5,7,12H2,1H3. The van der Waals surface area contributed by atoms with Crippen LogP contribution in [0.25, 0.3) is 11.7 Å². The van der Waals surface area contributed by atoms with Crippen molar-refractivity contribution in [2.45, 2.75) is 24.3 Å². The van der Waals surface area contributed by atoms with E-state index in [0.29, 0.717) is 35.1 Å². The van der Waals surface area contributed by atoms with E-state index in [2.05, 4.69) is 17.1 Å². The summed E-state index contributed by atoms with van der Waals surface area (Å²) in [6.45, 7) is 2.84. The Labute approximate surface area is 104 Å². The first-order chi connectivity index (χ1) is 8.29. The van der Waals surface area contributed by atoms with Crippen LogP contribution in [-0.4, -0.2) is 22.0 Å². The van der Waals surface area contributed by atoms with E-state index in [1.807, 2.05) is 0 Å². The Bertz CT molecular complexity index is 441. The molecule has 2 heterocycles. The number of hydrogen-bond acceptors (Lipinski definition) is 6. The molecule has 0 saturated carbocycles. The molecule has 92 valence electrons. The van der Waals surface area contributed by atoms with E-state index in [4.69, 9.17) is 14.6 Å². The average Bonchev–Trinajstić information content (AvgIpc) is 2.97. The second-order valence-corrected chi connectivity index (χ2v) is 5.10. The SMILES string of the molecule is CC(CCN)SCc1nnc(-c2ccco2)o1. The minimum atomic E-state index is 0.428. The Morgan fingerprint density at radius 2 is 2.35 bits per heavy atom. The lowest BCUT2D eigenvalue weighted by Gasteiger charge is -2.06. The lowest BCUT2D eigenvalue weighted by atomic mass is 10.3. The van der Waals surface area contributed by atoms with Crippen LogP contribution in [0.2, 0.25) is 0 Å². The Morgan fingerprint density at radius 3 is 3.06 bits per heavy atom. The van der Waals surface area contributed by atoms with Crippen molar-refractivity contribution in [1.82, 2.24) is 10.2 Å². The van der Waals surface area contributed by atoms with Gasteiger partial charge in [-0.25, -0.2) is 0 Å². The largest absolute Gasteiger partial charge is 0.459 e. The van der Waals surface area contributed by atoms with Crippen LogP contribution in [0.1, 0.15) is 19.2 Å². The molecule has 2 rings (SSSR count). The summed E-state index contributed by atoms with van der Waals surface area (Å²) in [6, 6.07) is 3.58. The van der Waals surface area contributed by atoms with Crippen LogP contribution >= 0.6 is 11.8 Å². The predicted octanol–water partition coefficient (Wildman–Crippen LogP) is 2.30. The summed E-state index contributed by atoms with van der Waals surface area (Å²) >= 11 is 1.76. The number of nitrogens with two attached hydrogens (primary N) is 1. The first-order valence-corrected chi connectivity index (χ1v) is 6.52. The van der Waals surface area contributed by atoms with Gasteiger partial charge in [0, 0.05) is 5.25 Å². The minimum absolute atomic E-state index is 0.428. The predicted molar refractivity (Wildman–Crippen MR) is 66.4 cm³/mol. The molecule has 17 heavy (non-hydrogen) atoms. The van der Waals surface area contributed by atoms with E-state index in [-0.39, 0.29) is 0 Å². The maximum absolute atomic E-state index is 5.49. The van der Waals surface area contributed by atoms with Gasteiger partial charge in [0.15, 0.2) is 5.76 Å². The molecule has 6 heteroatoms. The molecule has 0 amide bonds. The quantitative estimate of drug-likeness (QED) is 0.851. The van der Waals surface area contributed by atoms with E-state index in [1.165, 1.54) is 0 Å². The molecule has 2 N–H and O–H groups in total. The number of aromatic nitrogens is 2. The number of nitrogens with zero attached hydrogens (tertiary/aromatic N) is 2. The Balaban J connectivity index is 1.91. The van der Waals surface area contributed by atoms with Crippen LogP contribution in [0, 0.1) is 0 Å². The highest BCUT2D eigenvalue weighted by Crippen LogP contribution is 2.22. The fraction of sp³-hybridized carbons (Fsp3) is 0.455. The summed E-state index contributed by atoms with van der Waals surface area (Å²) in [5.41, 5.74) is 5.49. The second kappa shape index (κ2) is 5.88. The average molecular weight is 253 g/mol. The van der Waals surface area contributed by atoms with E-state index in [0.717, 1.165) is 6.42 Å². The van der Waals surface area contributed by atoms with Crippen molar-refractivity contribution in [3.63, 3.8) is 0 Å². The minimum Gasteiger partial charge on any atom is -0.459 e. The number of thioether (sulfide) groups is 1. The summed E-state index contributed by atoms with van der Waals surface area (Å²) in [6.07, 6.45) is 2.57. The third-order valence-electron chi connectivity index (χ3n) is 2.26. The molecule has 0 radical (unpaired) electrons. The highest BCUT2D eigenvalue weighted by Gasteiger charge is 2.11. The van der Waals surface area contributed by atoms with Gasteiger partial charge in [-0.05, 0) is 25.1 Å². The number of furan rings is 1. The maximum Gasteiger partial charge on any atom is 0.283 e. The van der Waals surface area contributed by atoms with Crippen LogP contribution in [0.3, 0.4) is 0 Å². The molecule has 0 spiro atoms. The molecule has 0 fully saturated rings. The van der Waals surface area contributed by atoms with Gasteiger partial charge in [-0.3, -0.25) is 0 Å². The molecule has 2 aromatic rings. The van der Waals surface area contributed by atoms with Crippen LogP contribution in [-0.2, 0) is 5.75 Å². The summed E-state index contributed by atoms with van der Waals surface area (Å²) in [5, 5.41) is 8.41. The molecule has 0 aliphatic rings. The smallest absolute Gasteiger partial charge is 0.283 e. The normalized spacial score (nSPS) is 12.8. The van der Waals surface area contributed by atoms with Gasteiger partial charge >= 0.3 is 0 Å². The summed E-state index contributed by atoms with van der Waals surface area (Å²) in [4.78, 5) is 0. The van der Waals surface area contributed by atoms with Crippen molar-refractivity contribution in [3.8, 4) is 11.7 Å². The Morgan fingerprint density at radius 1 is 1.47 bits per heavy atom. The topological polar surface area (TPSA) is 78.1 Å². The van der Waals surface area contributed by atoms with Crippen LogP contribution < -0.4 is 5.73 Å². The molecule has 0 aliphatic heterocycles. The molecular weight excluding hydrogens is 238 g/mol. The van der Waals surface area contributed by atoms with Crippen molar-refractivity contribution in [1.29, 1.82) is 0 Å². The third kappa shape index (κ3) is 3.34. The zero-order valence-electron chi connectivity index (χ0n) is 9.63. The number of hydrogen-bond donors (Lipinski definition) is 1. The van der Waals surface area contributed by atoms with Gasteiger partial charge < -0.3 is 14.6 Å². The van der Waals surface area contributed by atoms with E-state index < -0.39 is 0 Å². The second-order valence-electron chi connectivity index (χ2n) is 3.68. The first kappa shape index (κ1) is 12.2. The molecule has 1 atom stereocenters. The Kier molecular flexibility index (Phi) is 4.22. The van der Waals surface area contributed by atoms with Gasteiger partial charge in [0.25, 0.3) is 5.89 Å². The maximum atomic E-state index is 5.49. The van der Waals surface area contributed by atoms with Crippen molar-refractivity contribution in [3.05, 3.63) is 24.3 Å². The highest BCUT2D eigenvalue weighted by molar-refractivity contribution is 7.99. The fourth-order valence-corrected chi connectivity index (χ4v) is 2.19. The summed E-state index contributed by atoms with van der Waals surface area (Å²) in [5.74, 6) is 2.35. The van der Waals surface area contributed by atoms with Gasteiger partial charge in [-0.2, -0.15) is 0 Å². The van der Waals surface area contributed by atoms with Crippen molar-refractivity contribution in [2.24, 2.45) is 5.73 Å². The summed E-state index contributed by atoms with van der Waals surface area (Å²) in [7, 11) is 0. The summed E-state index contributed by atoms with van der Waals surface area (Å²) < 4.78 is 10.7. The molecule has 0 saturated heterocycles. The van der Waals surface area contributed by atoms with Gasteiger partial charge in [0.1, 0.15) is 0 Å². The lowest BCUT2D eigenvalue weighted by Crippen LogP contribution is -2.07. The molecule has 0 aromatic carbocycles. The van der Waals surface area contributed by atoms with Crippen LogP contribution in [0.15, 0.2) is 27.2 Å². The molecule has 0 aliphatic carbocycles. The lowest BCUT2D eigenvalue weighted by molar-refractivity contribution is 0.494. The molecular formula is C11H15N3O2S. The van der Waals surface area contributed by atoms with Gasteiger partial charge in [-0.1, -0.05) is 6.92 Å². The Hall–Kier alpha value is -1.27. The third-order valence-corrected chi connectivity index (χ3v) is 3.48. The highest BCUT2D eigenvalue weighted by atomic mass is 32.2. The zero-order chi connectivity index (χ0) is 12.1. The monoisotopic (exact) mass is 253 g/mol. The van der Waals surface area contributed by atoms with Gasteiger partial charge in [0.05, 0.1) is 12.0 Å². The molecule has 1 unspecified atom stereocenters. The van der Waals surface area contributed by atoms with Crippen molar-refractivity contribution < 1.29 is 8.83 Å². The number of rotatable bonds is 6. The zero-order valence-corrected chi connectivity index (χ0v) is 10.4. The van der Waals surface area contributed by atoms with Crippen LogP contribution in [0.4, 0.5) is 0 Å². The molecule has 0 bridgehead atoms. The first-order valence-electron chi connectivity index (χ1n) is 5.47. The molecule has 5 nitrogen and oxygen atoms in total. The van der Waals surface area contributed by atoms with E-state index in [1.54, 1.807) is 30.2 Å². The van der Waals surface area contributed by atoms with E-state index in [9.17, 15) is 0 Å². The molecule has 2 aromatic heterocycles. The van der Waals surface area contributed by atoms with E-state index >= 15 is 0 Å².